The van der Waals surface area contributed by atoms with Crippen LogP contribution in [-0.2, 0) is 0 Å². The number of carbonyl (C=O) groups is 1. The Morgan fingerprint density at radius 1 is 1.30 bits per heavy atom. The SMILES string of the molecule is CC(C)CC(C)c1ccccc1NC(=O)c1cn[nH]c1. The van der Waals surface area contributed by atoms with Gasteiger partial charge in [-0.15, -0.1) is 0 Å². The van der Waals surface area contributed by atoms with Crippen molar-refractivity contribution in [1.82, 2.24) is 10.2 Å². The maximum Gasteiger partial charge on any atom is 0.258 e. The van der Waals surface area contributed by atoms with Crippen LogP contribution in [0.15, 0.2) is 36.7 Å². The van der Waals surface area contributed by atoms with Crippen molar-refractivity contribution in [2.75, 3.05) is 5.32 Å². The van der Waals surface area contributed by atoms with E-state index in [9.17, 15) is 4.79 Å². The van der Waals surface area contributed by atoms with Gasteiger partial charge in [-0.05, 0) is 29.9 Å². The molecule has 106 valence electrons. The van der Waals surface area contributed by atoms with E-state index in [1.165, 1.54) is 11.8 Å². The van der Waals surface area contributed by atoms with E-state index in [0.717, 1.165) is 12.1 Å². The Labute approximate surface area is 119 Å². The minimum Gasteiger partial charge on any atom is -0.322 e. The van der Waals surface area contributed by atoms with Crippen molar-refractivity contribution in [2.24, 2.45) is 5.92 Å². The third-order valence-electron chi connectivity index (χ3n) is 3.33. The van der Waals surface area contributed by atoms with Gasteiger partial charge < -0.3 is 5.32 Å². The first-order chi connectivity index (χ1) is 9.58. The van der Waals surface area contributed by atoms with Gasteiger partial charge in [-0.2, -0.15) is 5.10 Å². The number of rotatable bonds is 5. The molecule has 4 nitrogen and oxygen atoms in total. The lowest BCUT2D eigenvalue weighted by Gasteiger charge is -2.18. The molecule has 0 aliphatic rings. The molecule has 0 bridgehead atoms. The molecule has 2 N–H and O–H groups in total. The first-order valence-electron chi connectivity index (χ1n) is 6.97. The number of amides is 1. The van der Waals surface area contributed by atoms with Crippen LogP contribution in [0, 0.1) is 5.92 Å². The normalized spacial score (nSPS) is 12.4. The number of benzene rings is 1. The van der Waals surface area contributed by atoms with Crippen LogP contribution in [-0.4, -0.2) is 16.1 Å². The second-order valence-corrected chi connectivity index (χ2v) is 5.56. The summed E-state index contributed by atoms with van der Waals surface area (Å²) in [6.07, 6.45) is 4.21. The number of aromatic nitrogens is 2. The van der Waals surface area contributed by atoms with Crippen molar-refractivity contribution in [3.8, 4) is 0 Å². The van der Waals surface area contributed by atoms with E-state index < -0.39 is 0 Å². The molecule has 0 radical (unpaired) electrons. The largest absolute Gasteiger partial charge is 0.322 e. The molecule has 2 rings (SSSR count). The number of H-pyrrole nitrogens is 1. The van der Waals surface area contributed by atoms with Crippen LogP contribution in [0.5, 0.6) is 0 Å². The number of para-hydroxylation sites is 1. The number of carbonyl (C=O) groups excluding carboxylic acids is 1. The fourth-order valence-electron chi connectivity index (χ4n) is 2.44. The van der Waals surface area contributed by atoms with Crippen LogP contribution in [0.3, 0.4) is 0 Å². The predicted molar refractivity (Wildman–Crippen MR) is 80.9 cm³/mol. The van der Waals surface area contributed by atoms with Crippen LogP contribution >= 0.6 is 0 Å². The summed E-state index contributed by atoms with van der Waals surface area (Å²) in [5.74, 6) is 0.904. The number of hydrogen-bond donors (Lipinski definition) is 2. The monoisotopic (exact) mass is 271 g/mol. The number of aromatic amines is 1. The molecule has 0 fully saturated rings. The Kier molecular flexibility index (Phi) is 4.56. The van der Waals surface area contributed by atoms with E-state index in [4.69, 9.17) is 0 Å². The van der Waals surface area contributed by atoms with Gasteiger partial charge in [0.15, 0.2) is 0 Å². The molecular weight excluding hydrogens is 250 g/mol. The first-order valence-corrected chi connectivity index (χ1v) is 6.97. The van der Waals surface area contributed by atoms with Gasteiger partial charge in [-0.1, -0.05) is 39.0 Å². The van der Waals surface area contributed by atoms with Gasteiger partial charge in [0.2, 0.25) is 0 Å². The van der Waals surface area contributed by atoms with Crippen LogP contribution < -0.4 is 5.32 Å². The lowest BCUT2D eigenvalue weighted by molar-refractivity contribution is 0.102. The van der Waals surface area contributed by atoms with E-state index in [2.05, 4.69) is 42.4 Å². The van der Waals surface area contributed by atoms with E-state index in [-0.39, 0.29) is 5.91 Å². The van der Waals surface area contributed by atoms with Crippen LogP contribution in [0.4, 0.5) is 5.69 Å². The summed E-state index contributed by atoms with van der Waals surface area (Å²) in [4.78, 5) is 12.1. The Morgan fingerprint density at radius 3 is 2.70 bits per heavy atom. The molecular formula is C16H21N3O. The first kappa shape index (κ1) is 14.3. The zero-order chi connectivity index (χ0) is 14.5. The van der Waals surface area contributed by atoms with Crippen molar-refractivity contribution >= 4 is 11.6 Å². The molecule has 2 aromatic rings. The summed E-state index contributed by atoms with van der Waals surface area (Å²) < 4.78 is 0. The van der Waals surface area contributed by atoms with Crippen molar-refractivity contribution in [3.63, 3.8) is 0 Å². The third-order valence-corrected chi connectivity index (χ3v) is 3.33. The number of nitrogens with zero attached hydrogens (tertiary/aromatic N) is 1. The highest BCUT2D eigenvalue weighted by Gasteiger charge is 2.14. The Balaban J connectivity index is 2.17. The molecule has 1 aromatic heterocycles. The number of anilines is 1. The summed E-state index contributed by atoms with van der Waals surface area (Å²) in [5.41, 5.74) is 2.60. The smallest absolute Gasteiger partial charge is 0.258 e. The van der Waals surface area contributed by atoms with Gasteiger partial charge in [0.25, 0.3) is 5.91 Å². The zero-order valence-corrected chi connectivity index (χ0v) is 12.2. The van der Waals surface area contributed by atoms with Gasteiger partial charge in [0.05, 0.1) is 11.8 Å². The number of hydrogen-bond acceptors (Lipinski definition) is 2. The predicted octanol–water partition coefficient (Wildman–Crippen LogP) is 3.81. The molecule has 1 heterocycles. The summed E-state index contributed by atoms with van der Waals surface area (Å²) in [6.45, 7) is 6.62. The van der Waals surface area contributed by atoms with Crippen LogP contribution in [0.2, 0.25) is 0 Å². The molecule has 1 unspecified atom stereocenters. The van der Waals surface area contributed by atoms with Gasteiger partial charge in [0.1, 0.15) is 0 Å². The van der Waals surface area contributed by atoms with Crippen molar-refractivity contribution in [1.29, 1.82) is 0 Å². The summed E-state index contributed by atoms with van der Waals surface area (Å²) >= 11 is 0. The summed E-state index contributed by atoms with van der Waals surface area (Å²) in [5, 5.41) is 9.41. The molecule has 0 aliphatic heterocycles. The van der Waals surface area contributed by atoms with Gasteiger partial charge in [-0.25, -0.2) is 0 Å². The maximum absolute atomic E-state index is 12.1. The lowest BCUT2D eigenvalue weighted by atomic mass is 9.91. The highest BCUT2D eigenvalue weighted by molar-refractivity contribution is 6.04. The topological polar surface area (TPSA) is 57.8 Å². The van der Waals surface area contributed by atoms with E-state index >= 15 is 0 Å². The van der Waals surface area contributed by atoms with Crippen molar-refractivity contribution in [2.45, 2.75) is 33.1 Å². The average molecular weight is 271 g/mol. The average Bonchev–Trinajstić information content (AvgIpc) is 2.92. The summed E-state index contributed by atoms with van der Waals surface area (Å²) in [6, 6.07) is 7.98. The van der Waals surface area contributed by atoms with Gasteiger partial charge in [-0.3, -0.25) is 9.89 Å². The molecule has 1 aromatic carbocycles. The fraction of sp³-hybridized carbons (Fsp3) is 0.375. The zero-order valence-electron chi connectivity index (χ0n) is 12.2. The van der Waals surface area contributed by atoms with E-state index in [1.54, 1.807) is 6.20 Å². The summed E-state index contributed by atoms with van der Waals surface area (Å²) in [7, 11) is 0. The molecule has 20 heavy (non-hydrogen) atoms. The maximum atomic E-state index is 12.1. The highest BCUT2D eigenvalue weighted by atomic mass is 16.1. The van der Waals surface area contributed by atoms with Crippen molar-refractivity contribution in [3.05, 3.63) is 47.8 Å². The molecule has 0 spiro atoms. The molecule has 0 saturated carbocycles. The Morgan fingerprint density at radius 2 is 2.05 bits per heavy atom. The van der Waals surface area contributed by atoms with Crippen LogP contribution in [0.1, 0.15) is 49.0 Å². The molecule has 4 heteroatoms. The lowest BCUT2D eigenvalue weighted by Crippen LogP contribution is -2.13. The quantitative estimate of drug-likeness (QED) is 0.868. The standard InChI is InChI=1S/C16H21N3O/c1-11(2)8-12(3)14-6-4-5-7-15(14)19-16(20)13-9-17-18-10-13/h4-7,9-12H,8H2,1-3H3,(H,17,18)(H,19,20). The third kappa shape index (κ3) is 3.47. The highest BCUT2D eigenvalue weighted by Crippen LogP contribution is 2.29. The number of nitrogens with one attached hydrogen (secondary N) is 2. The van der Waals surface area contributed by atoms with Gasteiger partial charge >= 0.3 is 0 Å². The van der Waals surface area contributed by atoms with Gasteiger partial charge in [0, 0.05) is 11.9 Å². The molecule has 1 amide bonds. The Hall–Kier alpha value is -2.10. The minimum absolute atomic E-state index is 0.136. The Bertz CT molecular complexity index is 561. The second kappa shape index (κ2) is 6.37. The second-order valence-electron chi connectivity index (χ2n) is 5.56. The minimum atomic E-state index is -0.136. The fourth-order valence-corrected chi connectivity index (χ4v) is 2.44. The van der Waals surface area contributed by atoms with Crippen LogP contribution in [0.25, 0.3) is 0 Å². The molecule has 0 aliphatic carbocycles. The molecule has 1 atom stereocenters. The van der Waals surface area contributed by atoms with Crippen molar-refractivity contribution < 1.29 is 4.79 Å². The molecule has 0 saturated heterocycles. The van der Waals surface area contributed by atoms with E-state index in [0.29, 0.717) is 17.4 Å². The van der Waals surface area contributed by atoms with E-state index in [1.807, 2.05) is 18.2 Å².